The van der Waals surface area contributed by atoms with Gasteiger partial charge in [0.1, 0.15) is 5.75 Å². The lowest BCUT2D eigenvalue weighted by molar-refractivity contribution is -0.113. The minimum Gasteiger partial charge on any atom is -0.493 e. The molecule has 86 valence electrons. The Morgan fingerprint density at radius 3 is 3.19 bits per heavy atom. The zero-order valence-corrected chi connectivity index (χ0v) is 9.68. The molecule has 16 heavy (non-hydrogen) atoms. The number of nitrogens with one attached hydrogen (secondary N) is 1. The van der Waals surface area contributed by atoms with Gasteiger partial charge in [0, 0.05) is 11.0 Å². The standard InChI is InChI=1S/C11H14N2O2S/c12-4-1-5-15-8-2-3-10-9(6-8)13-11(14)7-16-10/h2-3,6H,1,4-5,7,12H2,(H,13,14). The van der Waals surface area contributed by atoms with Crippen molar-refractivity contribution in [3.05, 3.63) is 18.2 Å². The van der Waals surface area contributed by atoms with Crippen LogP contribution >= 0.6 is 11.8 Å². The van der Waals surface area contributed by atoms with Crippen LogP contribution in [0.15, 0.2) is 23.1 Å². The molecule has 1 aliphatic rings. The summed E-state index contributed by atoms with van der Waals surface area (Å²) in [6.45, 7) is 1.23. The van der Waals surface area contributed by atoms with Gasteiger partial charge in [-0.05, 0) is 25.1 Å². The first-order valence-corrected chi connectivity index (χ1v) is 6.18. The summed E-state index contributed by atoms with van der Waals surface area (Å²) >= 11 is 1.55. The van der Waals surface area contributed by atoms with Gasteiger partial charge < -0.3 is 15.8 Å². The highest BCUT2D eigenvalue weighted by molar-refractivity contribution is 8.00. The minimum atomic E-state index is 0.0385. The second-order valence-corrected chi connectivity index (χ2v) is 4.50. The lowest BCUT2D eigenvalue weighted by atomic mass is 10.3. The largest absolute Gasteiger partial charge is 0.493 e. The lowest BCUT2D eigenvalue weighted by Crippen LogP contribution is -2.18. The van der Waals surface area contributed by atoms with Crippen molar-refractivity contribution in [2.24, 2.45) is 5.73 Å². The van der Waals surface area contributed by atoms with Crippen LogP contribution < -0.4 is 15.8 Å². The van der Waals surface area contributed by atoms with E-state index in [9.17, 15) is 4.79 Å². The molecule has 1 aromatic carbocycles. The van der Waals surface area contributed by atoms with Crippen LogP contribution in [0.3, 0.4) is 0 Å². The van der Waals surface area contributed by atoms with Gasteiger partial charge in [-0.15, -0.1) is 11.8 Å². The Bertz CT molecular complexity index is 396. The Labute approximate surface area is 98.5 Å². The van der Waals surface area contributed by atoms with E-state index >= 15 is 0 Å². The number of thioether (sulfide) groups is 1. The number of hydrogen-bond acceptors (Lipinski definition) is 4. The summed E-state index contributed by atoms with van der Waals surface area (Å²) in [5, 5.41) is 2.83. The maximum absolute atomic E-state index is 11.2. The number of ether oxygens (including phenoxy) is 1. The average molecular weight is 238 g/mol. The first-order chi connectivity index (χ1) is 7.79. The molecule has 0 radical (unpaired) electrons. The molecule has 0 aromatic heterocycles. The van der Waals surface area contributed by atoms with Crippen molar-refractivity contribution in [1.29, 1.82) is 0 Å². The quantitative estimate of drug-likeness (QED) is 0.779. The molecule has 5 heteroatoms. The first-order valence-electron chi connectivity index (χ1n) is 5.19. The van der Waals surface area contributed by atoms with Gasteiger partial charge in [-0.2, -0.15) is 0 Å². The number of anilines is 1. The van der Waals surface area contributed by atoms with Crippen LogP contribution in [0, 0.1) is 0 Å². The summed E-state index contributed by atoms with van der Waals surface area (Å²) in [6, 6.07) is 5.74. The van der Waals surface area contributed by atoms with E-state index < -0.39 is 0 Å². The Morgan fingerprint density at radius 1 is 1.50 bits per heavy atom. The zero-order chi connectivity index (χ0) is 11.4. The number of nitrogens with two attached hydrogens (primary N) is 1. The van der Waals surface area contributed by atoms with Gasteiger partial charge in [0.2, 0.25) is 5.91 Å². The number of fused-ring (bicyclic) bond motifs is 1. The summed E-state index contributed by atoms with van der Waals surface area (Å²) in [5.74, 6) is 1.30. The number of benzene rings is 1. The predicted molar refractivity (Wildman–Crippen MR) is 65.0 cm³/mol. The summed E-state index contributed by atoms with van der Waals surface area (Å²) in [7, 11) is 0. The Kier molecular flexibility index (Phi) is 3.69. The van der Waals surface area contributed by atoms with Crippen molar-refractivity contribution >= 4 is 23.4 Å². The predicted octanol–water partition coefficient (Wildman–Crippen LogP) is 1.46. The number of rotatable bonds is 4. The van der Waals surface area contributed by atoms with E-state index in [1.165, 1.54) is 0 Å². The first kappa shape index (κ1) is 11.3. The van der Waals surface area contributed by atoms with Crippen molar-refractivity contribution in [1.82, 2.24) is 0 Å². The number of hydrogen-bond donors (Lipinski definition) is 2. The van der Waals surface area contributed by atoms with Gasteiger partial charge in [0.05, 0.1) is 18.0 Å². The molecule has 0 unspecified atom stereocenters. The SMILES string of the molecule is NCCCOc1ccc2c(c1)NC(=O)CS2. The average Bonchev–Trinajstić information content (AvgIpc) is 2.29. The van der Waals surface area contributed by atoms with Crippen molar-refractivity contribution in [2.45, 2.75) is 11.3 Å². The van der Waals surface area contributed by atoms with Crippen LogP contribution in [0.2, 0.25) is 0 Å². The third kappa shape index (κ3) is 2.68. The normalized spacial score (nSPS) is 14.2. The molecule has 0 aliphatic carbocycles. The van der Waals surface area contributed by atoms with Gasteiger partial charge >= 0.3 is 0 Å². The van der Waals surface area contributed by atoms with Crippen LogP contribution in [-0.2, 0) is 4.79 Å². The molecule has 4 nitrogen and oxygen atoms in total. The second-order valence-electron chi connectivity index (χ2n) is 3.49. The monoisotopic (exact) mass is 238 g/mol. The zero-order valence-electron chi connectivity index (χ0n) is 8.86. The van der Waals surface area contributed by atoms with Crippen LogP contribution in [0.1, 0.15) is 6.42 Å². The van der Waals surface area contributed by atoms with Crippen LogP contribution in [-0.4, -0.2) is 24.8 Å². The van der Waals surface area contributed by atoms with Crippen molar-refractivity contribution < 1.29 is 9.53 Å². The highest BCUT2D eigenvalue weighted by atomic mass is 32.2. The molecule has 3 N–H and O–H groups in total. The summed E-state index contributed by atoms with van der Waals surface area (Å²) < 4.78 is 5.51. The lowest BCUT2D eigenvalue weighted by Gasteiger charge is -2.17. The highest BCUT2D eigenvalue weighted by Crippen LogP contribution is 2.34. The fraction of sp³-hybridized carbons (Fsp3) is 0.364. The van der Waals surface area contributed by atoms with Crippen molar-refractivity contribution in [3.8, 4) is 5.75 Å². The van der Waals surface area contributed by atoms with Crippen molar-refractivity contribution in [2.75, 3.05) is 24.2 Å². The van der Waals surface area contributed by atoms with Crippen LogP contribution in [0.5, 0.6) is 5.75 Å². The maximum atomic E-state index is 11.2. The minimum absolute atomic E-state index is 0.0385. The third-order valence-electron chi connectivity index (χ3n) is 2.20. The highest BCUT2D eigenvalue weighted by Gasteiger charge is 2.15. The fourth-order valence-corrected chi connectivity index (χ4v) is 2.21. The molecular formula is C11H14N2O2S. The van der Waals surface area contributed by atoms with Crippen LogP contribution in [0.25, 0.3) is 0 Å². The molecule has 1 aliphatic heterocycles. The number of carbonyl (C=O) groups excluding carboxylic acids is 1. The molecule has 1 aromatic rings. The van der Waals surface area contributed by atoms with Gasteiger partial charge in [0.15, 0.2) is 0 Å². The Morgan fingerprint density at radius 2 is 2.38 bits per heavy atom. The van der Waals surface area contributed by atoms with E-state index in [-0.39, 0.29) is 5.91 Å². The molecular weight excluding hydrogens is 224 g/mol. The van der Waals surface area contributed by atoms with Crippen LogP contribution in [0.4, 0.5) is 5.69 Å². The Hall–Kier alpha value is -1.20. The molecule has 1 amide bonds. The summed E-state index contributed by atoms with van der Waals surface area (Å²) in [5.41, 5.74) is 6.22. The molecule has 0 saturated heterocycles. The van der Waals surface area contributed by atoms with E-state index in [0.717, 1.165) is 22.8 Å². The van der Waals surface area contributed by atoms with E-state index in [0.29, 0.717) is 18.9 Å². The maximum Gasteiger partial charge on any atom is 0.234 e. The third-order valence-corrected chi connectivity index (χ3v) is 3.27. The topological polar surface area (TPSA) is 64.3 Å². The summed E-state index contributed by atoms with van der Waals surface area (Å²) in [6.07, 6.45) is 0.832. The summed E-state index contributed by atoms with van der Waals surface area (Å²) in [4.78, 5) is 12.3. The molecule has 0 fully saturated rings. The molecule has 1 heterocycles. The number of carbonyl (C=O) groups is 1. The Balaban J connectivity index is 2.06. The molecule has 0 bridgehead atoms. The van der Waals surface area contributed by atoms with E-state index in [2.05, 4.69) is 5.32 Å². The van der Waals surface area contributed by atoms with E-state index in [1.54, 1.807) is 11.8 Å². The van der Waals surface area contributed by atoms with E-state index in [4.69, 9.17) is 10.5 Å². The van der Waals surface area contributed by atoms with Gasteiger partial charge in [-0.1, -0.05) is 0 Å². The number of amides is 1. The van der Waals surface area contributed by atoms with Crippen molar-refractivity contribution in [3.63, 3.8) is 0 Å². The van der Waals surface area contributed by atoms with Gasteiger partial charge in [-0.3, -0.25) is 4.79 Å². The molecule has 0 spiro atoms. The van der Waals surface area contributed by atoms with Gasteiger partial charge in [0.25, 0.3) is 0 Å². The van der Waals surface area contributed by atoms with E-state index in [1.807, 2.05) is 18.2 Å². The van der Waals surface area contributed by atoms with Gasteiger partial charge in [-0.25, -0.2) is 0 Å². The molecule has 0 atom stereocenters. The fourth-order valence-electron chi connectivity index (χ4n) is 1.43. The second kappa shape index (κ2) is 5.23. The molecule has 2 rings (SSSR count). The molecule has 0 saturated carbocycles. The smallest absolute Gasteiger partial charge is 0.234 e.